The highest BCUT2D eigenvalue weighted by atomic mass is 19.1. The van der Waals surface area contributed by atoms with E-state index in [-0.39, 0.29) is 6.67 Å². The summed E-state index contributed by atoms with van der Waals surface area (Å²) in [6.45, 7) is 10.9. The van der Waals surface area contributed by atoms with Crippen molar-refractivity contribution in [2.45, 2.75) is 13.1 Å². The number of alkyl halides is 1. The van der Waals surface area contributed by atoms with Crippen molar-refractivity contribution in [2.75, 3.05) is 70.3 Å². The van der Waals surface area contributed by atoms with Crippen LogP contribution in [0.1, 0.15) is 11.3 Å². The molecular weight excluding hydrogens is 489 g/mol. The monoisotopic (exact) mass is 527 g/mol. The predicted octanol–water partition coefficient (Wildman–Crippen LogP) is 5.01. The highest BCUT2D eigenvalue weighted by molar-refractivity contribution is 5.88. The van der Waals surface area contributed by atoms with Gasteiger partial charge in [-0.2, -0.15) is 5.10 Å². The summed E-state index contributed by atoms with van der Waals surface area (Å²) in [6.07, 6.45) is 5.70. The molecule has 0 radical (unpaired) electrons. The number of hydrogen-bond donors (Lipinski definition) is 1. The molecule has 1 fully saturated rings. The third-order valence-corrected chi connectivity index (χ3v) is 7.61. The Bertz CT molecular complexity index is 1410. The van der Waals surface area contributed by atoms with Crippen LogP contribution >= 0.6 is 0 Å². The zero-order chi connectivity index (χ0) is 27.2. The molecule has 0 unspecified atom stereocenters. The fourth-order valence-corrected chi connectivity index (χ4v) is 5.21. The zero-order valence-corrected chi connectivity index (χ0v) is 23.0. The van der Waals surface area contributed by atoms with Crippen molar-refractivity contribution in [3.63, 3.8) is 0 Å². The largest absolute Gasteiger partial charge is 0.373 e. The van der Waals surface area contributed by atoms with Gasteiger partial charge < -0.3 is 15.1 Å². The molecule has 0 saturated carbocycles. The summed E-state index contributed by atoms with van der Waals surface area (Å²) in [5.41, 5.74) is 5.95. The van der Waals surface area contributed by atoms with Crippen LogP contribution < -0.4 is 10.2 Å². The molecular formula is C31H38FN7. The number of benzene rings is 2. The van der Waals surface area contributed by atoms with Crippen LogP contribution in [0.3, 0.4) is 0 Å². The number of rotatable bonds is 6. The van der Waals surface area contributed by atoms with Gasteiger partial charge in [0.05, 0.1) is 18.4 Å². The molecule has 2 aliphatic heterocycles. The molecule has 204 valence electrons. The normalized spacial score (nSPS) is 15.9. The van der Waals surface area contributed by atoms with E-state index < -0.39 is 0 Å². The molecule has 1 N–H and O–H groups in total. The van der Waals surface area contributed by atoms with Crippen molar-refractivity contribution in [2.24, 2.45) is 0 Å². The van der Waals surface area contributed by atoms with Crippen molar-refractivity contribution in [3.8, 4) is 11.1 Å². The molecule has 0 atom stereocenters. The fourth-order valence-electron chi connectivity index (χ4n) is 5.21. The first-order valence-electron chi connectivity index (χ1n) is 13.6. The second kappa shape index (κ2) is 12.4. The van der Waals surface area contributed by atoms with Crippen LogP contribution in [0.15, 0.2) is 67.5 Å². The maximum atomic E-state index is 12.7. The van der Waals surface area contributed by atoms with Gasteiger partial charge in [0.15, 0.2) is 0 Å². The second-order valence-corrected chi connectivity index (χ2v) is 10.2. The zero-order valence-electron chi connectivity index (χ0n) is 23.0. The highest BCUT2D eigenvalue weighted by Crippen LogP contribution is 2.30. The van der Waals surface area contributed by atoms with Gasteiger partial charge in [-0.25, -0.2) is 9.37 Å². The van der Waals surface area contributed by atoms with E-state index in [1.807, 2.05) is 36.3 Å². The number of fused-ring (bicyclic) bond motifs is 2. The van der Waals surface area contributed by atoms with E-state index in [0.29, 0.717) is 6.54 Å². The molecule has 8 heteroatoms. The Morgan fingerprint density at radius 3 is 2.59 bits per heavy atom. The van der Waals surface area contributed by atoms with Crippen LogP contribution in [-0.2, 0) is 13.1 Å². The number of nitrogens with zero attached hydrogens (tertiary/aromatic N) is 6. The van der Waals surface area contributed by atoms with Gasteiger partial charge in [0.25, 0.3) is 0 Å². The smallest absolute Gasteiger partial charge is 0.126 e. The minimum Gasteiger partial charge on any atom is -0.373 e. The number of likely N-dealkylation sites (N-methyl/N-ethyl adjacent to an activating group) is 1. The average Bonchev–Trinajstić information content (AvgIpc) is 3.41. The lowest BCUT2D eigenvalue weighted by atomic mass is 10.0. The first-order valence-corrected chi connectivity index (χ1v) is 13.6. The van der Waals surface area contributed by atoms with Crippen LogP contribution in [0.2, 0.25) is 0 Å². The molecule has 7 nitrogen and oxygen atoms in total. The van der Waals surface area contributed by atoms with Crippen molar-refractivity contribution in [3.05, 3.63) is 78.8 Å². The molecule has 39 heavy (non-hydrogen) atoms. The molecule has 4 aromatic rings. The van der Waals surface area contributed by atoms with Gasteiger partial charge in [-0.05, 0) is 47.8 Å². The van der Waals surface area contributed by atoms with E-state index in [1.165, 1.54) is 11.3 Å². The molecule has 2 aromatic heterocycles. The van der Waals surface area contributed by atoms with Crippen LogP contribution in [0, 0.1) is 0 Å². The maximum Gasteiger partial charge on any atom is 0.126 e. The van der Waals surface area contributed by atoms with E-state index in [4.69, 9.17) is 0 Å². The van der Waals surface area contributed by atoms with E-state index >= 15 is 0 Å². The van der Waals surface area contributed by atoms with Gasteiger partial charge in [-0.3, -0.25) is 9.58 Å². The van der Waals surface area contributed by atoms with E-state index in [1.54, 1.807) is 0 Å². The summed E-state index contributed by atoms with van der Waals surface area (Å²) < 4.78 is 14.7. The van der Waals surface area contributed by atoms with Gasteiger partial charge in [-0.15, -0.1) is 0 Å². The fraction of sp³-hybridized carbons (Fsp3) is 0.355. The summed E-state index contributed by atoms with van der Waals surface area (Å²) in [5, 5.41) is 9.84. The van der Waals surface area contributed by atoms with Crippen molar-refractivity contribution < 1.29 is 4.39 Å². The molecule has 0 aliphatic carbocycles. The van der Waals surface area contributed by atoms with Gasteiger partial charge >= 0.3 is 0 Å². The Kier molecular flexibility index (Phi) is 8.54. The lowest BCUT2D eigenvalue weighted by Gasteiger charge is -2.34. The van der Waals surface area contributed by atoms with E-state index in [2.05, 4.69) is 86.2 Å². The highest BCUT2D eigenvalue weighted by Gasteiger charge is 2.21. The Morgan fingerprint density at radius 2 is 1.82 bits per heavy atom. The van der Waals surface area contributed by atoms with Crippen molar-refractivity contribution in [1.29, 1.82) is 0 Å². The minimum absolute atomic E-state index is 0.306. The summed E-state index contributed by atoms with van der Waals surface area (Å²) in [4.78, 5) is 11.3. The Labute approximate surface area is 230 Å². The topological polar surface area (TPSA) is 52.5 Å². The van der Waals surface area contributed by atoms with E-state index in [0.717, 1.165) is 79.2 Å². The second-order valence-electron chi connectivity index (χ2n) is 10.2. The van der Waals surface area contributed by atoms with Gasteiger partial charge in [0, 0.05) is 75.7 Å². The molecule has 2 aromatic carbocycles. The molecule has 0 bridgehead atoms. The maximum absolute atomic E-state index is 12.7. The number of piperazine rings is 1. The molecule has 4 heterocycles. The third kappa shape index (κ3) is 6.29. The number of hydrogen-bond acceptors (Lipinski definition) is 6. The van der Waals surface area contributed by atoms with Gasteiger partial charge in [0.1, 0.15) is 12.5 Å². The first-order chi connectivity index (χ1) is 19.1. The Morgan fingerprint density at radius 1 is 0.974 bits per heavy atom. The summed E-state index contributed by atoms with van der Waals surface area (Å²) in [7, 11) is 4.04. The lowest BCUT2D eigenvalue weighted by Crippen LogP contribution is -2.44. The number of aromatic nitrogens is 3. The van der Waals surface area contributed by atoms with E-state index in [9.17, 15) is 4.39 Å². The summed E-state index contributed by atoms with van der Waals surface area (Å²) in [6, 6.07) is 17.0. The molecule has 0 spiro atoms. The van der Waals surface area contributed by atoms with Crippen molar-refractivity contribution in [1.82, 2.24) is 24.6 Å². The molecule has 0 amide bonds. The molecule has 1 saturated heterocycles. The summed E-state index contributed by atoms with van der Waals surface area (Å²) >= 11 is 0. The minimum atomic E-state index is -0.306. The van der Waals surface area contributed by atoms with Crippen molar-refractivity contribution >= 4 is 28.4 Å². The number of nitrogens with one attached hydrogen (secondary N) is 1. The summed E-state index contributed by atoms with van der Waals surface area (Å²) in [5.74, 6) is 0.853. The number of pyridine rings is 1. The SMILES string of the molecule is C=Cc1cccc(N2CCN(C)CC2)c1.CNc1cc2cc(-c3cnn4c3CN(CCF)CC4)ccc2cn1. The predicted molar refractivity (Wildman–Crippen MR) is 160 cm³/mol. The average molecular weight is 528 g/mol. The Hall–Kier alpha value is -3.75. The quantitative estimate of drug-likeness (QED) is 0.381. The van der Waals surface area contributed by atoms with Gasteiger partial charge in [-0.1, -0.05) is 36.9 Å². The Balaban J connectivity index is 0.000000177. The van der Waals surface area contributed by atoms with Crippen LogP contribution in [-0.4, -0.2) is 84.6 Å². The first kappa shape index (κ1) is 26.8. The van der Waals surface area contributed by atoms with Gasteiger partial charge in [0.2, 0.25) is 0 Å². The lowest BCUT2D eigenvalue weighted by molar-refractivity contribution is 0.197. The standard InChI is InChI=1S/C18H20FN5.C13H18N2/c1-20-18-9-15-8-13(2-3-14(15)10-21-18)16-11-22-24-7-6-23(5-4-19)12-17(16)24;1-3-12-5-4-6-13(11-12)15-9-7-14(2)8-10-15/h2-3,8-11H,4-7,12H2,1H3,(H,20,21);3-6,11H,1,7-10H2,2H3. The molecule has 2 aliphatic rings. The molecule has 6 rings (SSSR count). The van der Waals surface area contributed by atoms with Crippen LogP contribution in [0.5, 0.6) is 0 Å². The third-order valence-electron chi connectivity index (χ3n) is 7.61. The van der Waals surface area contributed by atoms with Crippen LogP contribution in [0.4, 0.5) is 15.9 Å². The number of anilines is 2. The van der Waals surface area contributed by atoms with Crippen LogP contribution in [0.25, 0.3) is 28.0 Å². The number of halogens is 1.